The molecule has 16 nitrogen and oxygen atoms in total. The number of benzene rings is 2. The normalized spacial score (nSPS) is 18.0. The summed E-state index contributed by atoms with van der Waals surface area (Å²) in [6, 6.07) is 8.96. The van der Waals surface area contributed by atoms with Gasteiger partial charge in [-0.2, -0.15) is 12.7 Å². The summed E-state index contributed by atoms with van der Waals surface area (Å²) < 4.78 is 89.7. The fourth-order valence-corrected chi connectivity index (χ4v) is 9.37. The Kier molecular flexibility index (Phi) is 12.4. The van der Waals surface area contributed by atoms with Crippen LogP contribution in [0.15, 0.2) is 61.1 Å². The van der Waals surface area contributed by atoms with Gasteiger partial charge in [-0.05, 0) is 61.2 Å². The minimum absolute atomic E-state index is 0.0438. The first-order valence-corrected chi connectivity index (χ1v) is 22.4. The molecule has 5 aromatic rings. The zero-order valence-electron chi connectivity index (χ0n) is 35.3. The van der Waals surface area contributed by atoms with Crippen molar-refractivity contribution < 1.29 is 50.3 Å². The Morgan fingerprint density at radius 3 is 2.29 bits per heavy atom. The number of aliphatic hydroxyl groups is 1. The smallest absolute Gasteiger partial charge is 0.301 e. The summed E-state index contributed by atoms with van der Waals surface area (Å²) >= 11 is 0. The summed E-state index contributed by atoms with van der Waals surface area (Å²) in [6.07, 6.45) is 4.82. The van der Waals surface area contributed by atoms with Crippen LogP contribution in [-0.4, -0.2) is 120 Å². The van der Waals surface area contributed by atoms with Crippen LogP contribution in [0.2, 0.25) is 0 Å². The molecule has 6 heterocycles. The number of aromatic amines is 1. The topological polar surface area (TPSA) is 201 Å². The molecule has 0 aliphatic carbocycles. The molecule has 3 fully saturated rings. The molecule has 4 N–H and O–H groups in total. The van der Waals surface area contributed by atoms with E-state index in [0.29, 0.717) is 36.3 Å². The maximum Gasteiger partial charge on any atom is 0.301 e. The third-order valence-electron chi connectivity index (χ3n) is 12.4. The highest BCUT2D eigenvalue weighted by Gasteiger charge is 2.38. The second kappa shape index (κ2) is 17.8. The van der Waals surface area contributed by atoms with E-state index in [9.17, 15) is 32.7 Å². The maximum absolute atomic E-state index is 15.8. The SMILES string of the molecule is CCN(C)S(=O)(=O)Nc1ccc(F)c(C(=O)c2c[nH]c3ncc(-c4cnc(N5CCN(C(=O)CC6(O)CCN(c7ccc(C8CCC(=O)NC8=O)cc7F)CC6)CC5)c(F)c4)cc23)c1F. The summed E-state index contributed by atoms with van der Waals surface area (Å²) in [5.41, 5.74) is -1.47. The number of pyridine rings is 2. The number of rotatable bonds is 12. The van der Waals surface area contributed by atoms with Gasteiger partial charge >= 0.3 is 10.2 Å². The fraction of sp³-hybridized carbons (Fsp3) is 0.364. The first kappa shape index (κ1) is 45.1. The van der Waals surface area contributed by atoms with Crippen LogP contribution in [0.3, 0.4) is 0 Å². The number of aromatic nitrogens is 3. The molecule has 0 radical (unpaired) electrons. The van der Waals surface area contributed by atoms with Crippen molar-refractivity contribution in [3.63, 3.8) is 0 Å². The van der Waals surface area contributed by atoms with Crippen molar-refractivity contribution in [2.75, 3.05) is 67.4 Å². The molecule has 3 aliphatic heterocycles. The monoisotopic (exact) mass is 919 g/mol. The number of imide groups is 1. The number of hydrogen-bond acceptors (Lipinski definition) is 11. The van der Waals surface area contributed by atoms with Gasteiger partial charge in [0.25, 0.3) is 0 Å². The molecule has 3 amide bonds. The van der Waals surface area contributed by atoms with Gasteiger partial charge in [-0.15, -0.1) is 0 Å². The molecule has 3 aliphatic rings. The Hall–Kier alpha value is -6.45. The lowest BCUT2D eigenvalue weighted by Gasteiger charge is -2.41. The van der Waals surface area contributed by atoms with Gasteiger partial charge in [0.1, 0.15) is 17.3 Å². The first-order valence-electron chi connectivity index (χ1n) is 21.0. The number of nitrogens with zero attached hydrogens (tertiary/aromatic N) is 6. The van der Waals surface area contributed by atoms with E-state index in [1.165, 1.54) is 43.8 Å². The van der Waals surface area contributed by atoms with Gasteiger partial charge in [0.05, 0.1) is 34.9 Å². The molecule has 0 bridgehead atoms. The van der Waals surface area contributed by atoms with Crippen LogP contribution in [0.1, 0.15) is 66.4 Å². The second-order valence-corrected chi connectivity index (χ2v) is 18.2. The second-order valence-electron chi connectivity index (χ2n) is 16.5. The Labute approximate surface area is 370 Å². The summed E-state index contributed by atoms with van der Waals surface area (Å²) in [5, 5.41) is 13.9. The van der Waals surface area contributed by atoms with E-state index in [2.05, 4.69) is 20.3 Å². The van der Waals surface area contributed by atoms with Gasteiger partial charge in [0, 0.05) is 99.9 Å². The van der Waals surface area contributed by atoms with Crippen molar-refractivity contribution in [2.24, 2.45) is 0 Å². The molecule has 65 heavy (non-hydrogen) atoms. The minimum Gasteiger partial charge on any atom is -0.389 e. The van der Waals surface area contributed by atoms with Gasteiger partial charge in [-0.3, -0.25) is 29.2 Å². The van der Waals surface area contributed by atoms with Gasteiger partial charge < -0.3 is 24.8 Å². The predicted molar refractivity (Wildman–Crippen MR) is 231 cm³/mol. The molecule has 2 aromatic carbocycles. The average Bonchev–Trinajstić information content (AvgIpc) is 3.71. The van der Waals surface area contributed by atoms with E-state index in [0.717, 1.165) is 16.4 Å². The van der Waals surface area contributed by atoms with Crippen molar-refractivity contribution >= 4 is 61.9 Å². The quantitative estimate of drug-likeness (QED) is 0.0774. The lowest BCUT2D eigenvalue weighted by Crippen LogP contribution is -2.52. The molecule has 3 aromatic heterocycles. The Balaban J connectivity index is 0.879. The number of H-pyrrole nitrogens is 1. The zero-order valence-corrected chi connectivity index (χ0v) is 36.2. The number of hydrogen-bond donors (Lipinski definition) is 4. The molecular weight excluding hydrogens is 875 g/mol. The molecule has 1 unspecified atom stereocenters. The summed E-state index contributed by atoms with van der Waals surface area (Å²) in [4.78, 5) is 67.4. The number of anilines is 3. The number of ketones is 1. The highest BCUT2D eigenvalue weighted by Crippen LogP contribution is 2.35. The van der Waals surface area contributed by atoms with E-state index in [-0.39, 0.29) is 98.2 Å². The average molecular weight is 920 g/mol. The van der Waals surface area contributed by atoms with Crippen LogP contribution < -0.4 is 19.8 Å². The van der Waals surface area contributed by atoms with E-state index in [4.69, 9.17) is 0 Å². The number of carbonyl (C=O) groups excluding carboxylic acids is 4. The van der Waals surface area contributed by atoms with Crippen molar-refractivity contribution in [3.8, 4) is 11.1 Å². The van der Waals surface area contributed by atoms with Crippen LogP contribution in [0.4, 0.5) is 34.8 Å². The number of fused-ring (bicyclic) bond motifs is 1. The summed E-state index contributed by atoms with van der Waals surface area (Å²) in [6.45, 7) is 3.20. The number of halogens is 4. The largest absolute Gasteiger partial charge is 0.389 e. The third-order valence-corrected chi connectivity index (χ3v) is 14.0. The fourth-order valence-electron chi connectivity index (χ4n) is 8.44. The number of carbonyl (C=O) groups is 4. The van der Waals surface area contributed by atoms with Gasteiger partial charge in [0.15, 0.2) is 17.5 Å². The molecule has 1 atom stereocenters. The van der Waals surface area contributed by atoms with Crippen LogP contribution in [-0.2, 0) is 24.6 Å². The van der Waals surface area contributed by atoms with Crippen molar-refractivity contribution in [2.45, 2.75) is 50.5 Å². The van der Waals surface area contributed by atoms with Gasteiger partial charge in [0.2, 0.25) is 23.5 Å². The summed E-state index contributed by atoms with van der Waals surface area (Å²) in [7, 11) is -2.94. The number of piperazine rings is 1. The van der Waals surface area contributed by atoms with E-state index in [1.54, 1.807) is 33.8 Å². The highest BCUT2D eigenvalue weighted by atomic mass is 32.2. The van der Waals surface area contributed by atoms with Crippen LogP contribution in [0.5, 0.6) is 0 Å². The minimum atomic E-state index is -4.20. The summed E-state index contributed by atoms with van der Waals surface area (Å²) in [5.74, 6) is -6.54. The van der Waals surface area contributed by atoms with Crippen molar-refractivity contribution in [1.82, 2.24) is 29.5 Å². The predicted octanol–water partition coefficient (Wildman–Crippen LogP) is 4.61. The Morgan fingerprint density at radius 2 is 1.62 bits per heavy atom. The number of nitrogens with one attached hydrogen (secondary N) is 3. The highest BCUT2D eigenvalue weighted by molar-refractivity contribution is 7.90. The molecule has 3 saturated heterocycles. The third kappa shape index (κ3) is 9.12. The molecule has 8 rings (SSSR count). The van der Waals surface area contributed by atoms with E-state index < -0.39 is 67.9 Å². The lowest BCUT2D eigenvalue weighted by atomic mass is 9.87. The van der Waals surface area contributed by atoms with Crippen LogP contribution >= 0.6 is 0 Å². The number of piperidine rings is 2. The molecular formula is C44H45F4N9O7S. The standard InChI is InChI=1S/C44H45F4N9O7S/c1-3-54(2)65(63,64)53-34-7-6-31(45)38(39(34)48)40(60)30-24-50-41-29(30)18-26(22-49-41)27-20-33(47)42(51-23-27)57-16-14-56(15-17-57)37(59)21-44(62)10-12-55(13-11-44)35-8-4-25(19-32(35)46)28-5-9-36(58)52-43(28)61/h4,6-8,18-20,22-24,28,53,62H,3,5,9-17,21H2,1-2H3,(H,49,50)(H,52,58,61). The molecule has 0 spiro atoms. The lowest BCUT2D eigenvalue weighted by molar-refractivity contribution is -0.138. The zero-order chi connectivity index (χ0) is 46.4. The van der Waals surface area contributed by atoms with E-state index in [1.807, 2.05) is 4.72 Å². The maximum atomic E-state index is 15.8. The van der Waals surface area contributed by atoms with Gasteiger partial charge in [-0.25, -0.2) is 27.5 Å². The van der Waals surface area contributed by atoms with Crippen molar-refractivity contribution in [3.05, 3.63) is 101 Å². The molecule has 21 heteroatoms. The van der Waals surface area contributed by atoms with Gasteiger partial charge in [-0.1, -0.05) is 13.0 Å². The number of amides is 3. The van der Waals surface area contributed by atoms with Crippen LogP contribution in [0.25, 0.3) is 22.2 Å². The molecule has 0 saturated carbocycles. The van der Waals surface area contributed by atoms with E-state index >= 15 is 17.6 Å². The molecule has 342 valence electrons. The Morgan fingerprint density at radius 1 is 0.908 bits per heavy atom. The van der Waals surface area contributed by atoms with Crippen LogP contribution in [0, 0.1) is 23.3 Å². The Bertz CT molecular complexity index is 2830. The first-order chi connectivity index (χ1) is 30.9. The van der Waals surface area contributed by atoms with Crippen molar-refractivity contribution in [1.29, 1.82) is 0 Å².